The van der Waals surface area contributed by atoms with Crippen LogP contribution in [-0.4, -0.2) is 39.2 Å². The number of aromatic nitrogens is 2. The van der Waals surface area contributed by atoms with Crippen LogP contribution in [0.5, 0.6) is 0 Å². The minimum Gasteiger partial charge on any atom is -0.478 e. The van der Waals surface area contributed by atoms with Crippen molar-refractivity contribution < 1.29 is 28.8 Å². The van der Waals surface area contributed by atoms with Crippen molar-refractivity contribution in [1.82, 2.24) is 9.53 Å². The molecule has 2 amide bonds. The number of nitrogens with zero attached hydrogens (tertiary/aromatic N) is 2. The Bertz CT molecular complexity index is 1410. The first-order valence-electron chi connectivity index (χ1n) is 10.5. The topological polar surface area (TPSA) is 144 Å². The van der Waals surface area contributed by atoms with Crippen molar-refractivity contribution in [2.75, 3.05) is 17.2 Å². The molecule has 10 nitrogen and oxygen atoms in total. The third-order valence-electron chi connectivity index (χ3n) is 5.62. The van der Waals surface area contributed by atoms with Crippen LogP contribution in [0.1, 0.15) is 43.6 Å². The molecular formula is C24H18N4O6S. The highest BCUT2D eigenvalue weighted by molar-refractivity contribution is 7.11. The second kappa shape index (κ2) is 9.03. The number of aromatic carboxylic acids is 1. The van der Waals surface area contributed by atoms with Crippen molar-refractivity contribution in [2.45, 2.75) is 12.8 Å². The number of nitrogens with one attached hydrogen (secondary N) is 2. The van der Waals surface area contributed by atoms with E-state index in [2.05, 4.69) is 20.2 Å². The van der Waals surface area contributed by atoms with Gasteiger partial charge in [-0.25, -0.2) is 9.59 Å². The summed E-state index contributed by atoms with van der Waals surface area (Å²) in [4.78, 5) is 36.2. The minimum absolute atomic E-state index is 0.0778. The molecule has 2 aromatic heterocycles. The number of carbonyl (C=O) groups excluding carboxylic acids is 2. The molecule has 1 aliphatic rings. The van der Waals surface area contributed by atoms with E-state index in [0.29, 0.717) is 0 Å². The molecule has 1 aliphatic carbocycles. The summed E-state index contributed by atoms with van der Waals surface area (Å²) in [5, 5.41) is 17.8. The summed E-state index contributed by atoms with van der Waals surface area (Å²) in [6, 6.07) is 17.2. The van der Waals surface area contributed by atoms with Gasteiger partial charge in [-0.15, -0.1) is 0 Å². The van der Waals surface area contributed by atoms with Crippen molar-refractivity contribution >= 4 is 40.4 Å². The molecule has 11 heteroatoms. The van der Waals surface area contributed by atoms with Crippen molar-refractivity contribution in [1.29, 1.82) is 0 Å². The van der Waals surface area contributed by atoms with E-state index in [1.807, 2.05) is 48.5 Å². The van der Waals surface area contributed by atoms with Crippen molar-refractivity contribution in [3.05, 3.63) is 82.7 Å². The Morgan fingerprint density at radius 2 is 1.71 bits per heavy atom. The lowest BCUT2D eigenvalue weighted by atomic mass is 9.98. The van der Waals surface area contributed by atoms with Gasteiger partial charge in [0.1, 0.15) is 17.2 Å². The van der Waals surface area contributed by atoms with E-state index >= 15 is 0 Å². The van der Waals surface area contributed by atoms with Gasteiger partial charge in [0.25, 0.3) is 5.91 Å². The molecule has 2 heterocycles. The van der Waals surface area contributed by atoms with Crippen LogP contribution < -0.4 is 10.6 Å². The van der Waals surface area contributed by atoms with Crippen molar-refractivity contribution in [3.8, 4) is 11.1 Å². The zero-order chi connectivity index (χ0) is 24.5. The molecule has 176 valence electrons. The Balaban J connectivity index is 1.22. The molecular weight excluding hydrogens is 472 g/mol. The molecule has 3 N–H and O–H groups in total. The summed E-state index contributed by atoms with van der Waals surface area (Å²) < 4.78 is 14.4. The van der Waals surface area contributed by atoms with E-state index in [4.69, 9.17) is 9.26 Å². The van der Waals surface area contributed by atoms with Crippen LogP contribution in [0.4, 0.5) is 15.7 Å². The first-order chi connectivity index (χ1) is 16.9. The number of anilines is 2. The highest BCUT2D eigenvalue weighted by Gasteiger charge is 2.29. The normalized spacial score (nSPS) is 12.0. The standard InChI is InChI=1S/C24H18N4O6S/c1-12-20(23(30)31)22(35-28-12)26-21(29)18-10-19(34-27-18)25-24(32)33-11-17-15-8-4-2-6-13(15)14-7-3-5-9-16(14)17/h2-10,17H,11H2,1H3,(H,25,32)(H,26,29)(H,30,31). The number of fused-ring (bicyclic) bond motifs is 3. The number of carbonyl (C=O) groups is 3. The minimum atomic E-state index is -1.20. The monoisotopic (exact) mass is 490 g/mol. The number of hydrogen-bond donors (Lipinski definition) is 3. The third kappa shape index (κ3) is 4.24. The average Bonchev–Trinajstić information content (AvgIpc) is 3.54. The van der Waals surface area contributed by atoms with E-state index in [0.717, 1.165) is 33.8 Å². The van der Waals surface area contributed by atoms with Gasteiger partial charge in [-0.2, -0.15) is 4.37 Å². The molecule has 0 saturated carbocycles. The molecule has 2 aromatic carbocycles. The summed E-state index contributed by atoms with van der Waals surface area (Å²) in [6.45, 7) is 1.64. The molecule has 35 heavy (non-hydrogen) atoms. The first kappa shape index (κ1) is 22.3. The van der Waals surface area contributed by atoms with Gasteiger partial charge in [0.05, 0.1) is 5.69 Å². The van der Waals surface area contributed by atoms with Crippen LogP contribution >= 0.6 is 11.5 Å². The van der Waals surface area contributed by atoms with E-state index in [1.54, 1.807) is 0 Å². The van der Waals surface area contributed by atoms with Crippen LogP contribution in [0.3, 0.4) is 0 Å². The molecule has 0 atom stereocenters. The number of amides is 2. The summed E-state index contributed by atoms with van der Waals surface area (Å²) in [5.74, 6) is -2.10. The second-order valence-electron chi connectivity index (χ2n) is 7.76. The van der Waals surface area contributed by atoms with Gasteiger partial charge in [-0.3, -0.25) is 10.1 Å². The number of hydrogen-bond acceptors (Lipinski definition) is 8. The fourth-order valence-electron chi connectivity index (χ4n) is 4.05. The molecule has 0 saturated heterocycles. The van der Waals surface area contributed by atoms with Crippen LogP contribution in [0.25, 0.3) is 11.1 Å². The van der Waals surface area contributed by atoms with Gasteiger partial charge >= 0.3 is 12.1 Å². The lowest BCUT2D eigenvalue weighted by molar-refractivity contribution is 0.0697. The van der Waals surface area contributed by atoms with Gasteiger partial charge in [-0.05, 0) is 40.7 Å². The van der Waals surface area contributed by atoms with E-state index in [-0.39, 0.29) is 40.4 Å². The first-order valence-corrected chi connectivity index (χ1v) is 11.3. The molecule has 5 rings (SSSR count). The fourth-order valence-corrected chi connectivity index (χ4v) is 4.83. The maximum absolute atomic E-state index is 12.4. The van der Waals surface area contributed by atoms with Gasteiger partial charge in [0.15, 0.2) is 5.69 Å². The summed E-state index contributed by atoms with van der Waals surface area (Å²) in [7, 11) is 0. The largest absolute Gasteiger partial charge is 0.478 e. The Labute approximate surface area is 202 Å². The third-order valence-corrected chi connectivity index (χ3v) is 6.47. The average molecular weight is 490 g/mol. The number of benzene rings is 2. The number of aryl methyl sites for hydroxylation is 1. The van der Waals surface area contributed by atoms with Gasteiger partial charge in [-0.1, -0.05) is 53.7 Å². The van der Waals surface area contributed by atoms with E-state index in [9.17, 15) is 19.5 Å². The van der Waals surface area contributed by atoms with Crippen LogP contribution in [0, 0.1) is 6.92 Å². The number of carboxylic acids is 1. The lowest BCUT2D eigenvalue weighted by Crippen LogP contribution is -2.17. The Morgan fingerprint density at radius 3 is 2.37 bits per heavy atom. The van der Waals surface area contributed by atoms with Crippen LogP contribution in [0.15, 0.2) is 59.1 Å². The Morgan fingerprint density at radius 1 is 1.06 bits per heavy atom. The number of rotatable bonds is 6. The molecule has 0 unspecified atom stereocenters. The maximum atomic E-state index is 12.4. The van der Waals surface area contributed by atoms with E-state index < -0.39 is 18.0 Å². The number of carboxylic acid groups (broad SMARTS) is 1. The van der Waals surface area contributed by atoms with Crippen molar-refractivity contribution in [3.63, 3.8) is 0 Å². The quantitative estimate of drug-likeness (QED) is 0.351. The molecule has 4 aromatic rings. The highest BCUT2D eigenvalue weighted by Crippen LogP contribution is 2.44. The number of ether oxygens (including phenoxy) is 1. The second-order valence-corrected chi connectivity index (χ2v) is 8.53. The smallest absolute Gasteiger partial charge is 0.414 e. The maximum Gasteiger partial charge on any atom is 0.414 e. The molecule has 0 bridgehead atoms. The highest BCUT2D eigenvalue weighted by atomic mass is 32.1. The van der Waals surface area contributed by atoms with Crippen molar-refractivity contribution in [2.24, 2.45) is 0 Å². The summed E-state index contributed by atoms with van der Waals surface area (Å²) in [5.41, 5.74) is 4.44. The Kier molecular flexibility index (Phi) is 5.75. The van der Waals surface area contributed by atoms with Crippen LogP contribution in [0.2, 0.25) is 0 Å². The van der Waals surface area contributed by atoms with Gasteiger partial charge in [0.2, 0.25) is 5.88 Å². The molecule has 0 spiro atoms. The van der Waals surface area contributed by atoms with Gasteiger partial charge in [0, 0.05) is 12.0 Å². The Hall–Kier alpha value is -4.51. The molecule has 0 fully saturated rings. The summed E-state index contributed by atoms with van der Waals surface area (Å²) >= 11 is 0.843. The fraction of sp³-hybridized carbons (Fsp3) is 0.125. The zero-order valence-corrected chi connectivity index (χ0v) is 19.1. The zero-order valence-electron chi connectivity index (χ0n) is 18.3. The summed E-state index contributed by atoms with van der Waals surface area (Å²) in [6.07, 6.45) is -0.763. The predicted octanol–water partition coefficient (Wildman–Crippen LogP) is 4.75. The molecule has 0 aliphatic heterocycles. The molecule has 0 radical (unpaired) electrons. The van der Waals surface area contributed by atoms with Crippen LogP contribution in [-0.2, 0) is 4.74 Å². The lowest BCUT2D eigenvalue weighted by Gasteiger charge is -2.13. The SMILES string of the molecule is Cc1nsc(NC(=O)c2cc(NC(=O)OCC3c4ccccc4-c4ccccc43)on2)c1C(=O)O. The predicted molar refractivity (Wildman–Crippen MR) is 127 cm³/mol. The van der Waals surface area contributed by atoms with E-state index in [1.165, 1.54) is 13.0 Å². The van der Waals surface area contributed by atoms with Gasteiger partial charge < -0.3 is 19.7 Å².